The average Bonchev–Trinajstić information content (AvgIpc) is 2.71. The summed E-state index contributed by atoms with van der Waals surface area (Å²) >= 11 is 2.95. The van der Waals surface area contributed by atoms with Gasteiger partial charge in [0.15, 0.2) is 5.78 Å². The largest absolute Gasteiger partial charge is 0.401 e. The van der Waals surface area contributed by atoms with Crippen LogP contribution in [0.25, 0.3) is 10.2 Å². The topological polar surface area (TPSA) is 92.7 Å². The lowest BCUT2D eigenvalue weighted by Crippen LogP contribution is -2.10. The van der Waals surface area contributed by atoms with E-state index in [4.69, 9.17) is 11.0 Å². The first-order valence-electron chi connectivity index (χ1n) is 6.62. The zero-order valence-electron chi connectivity index (χ0n) is 12.9. The number of ketones is 1. The maximum Gasteiger partial charge on any atom is 0.185 e. The number of aromatic nitrogens is 2. The van der Waals surface area contributed by atoms with Gasteiger partial charge in [-0.15, -0.1) is 11.3 Å². The van der Waals surface area contributed by atoms with Crippen molar-refractivity contribution < 1.29 is 4.79 Å². The van der Waals surface area contributed by atoms with E-state index in [0.29, 0.717) is 5.82 Å². The van der Waals surface area contributed by atoms with Crippen LogP contribution < -0.4 is 5.73 Å². The number of hydrogen-bond acceptors (Lipinski definition) is 7. The summed E-state index contributed by atoms with van der Waals surface area (Å²) < 4.78 is 0. The monoisotopic (exact) mass is 332 g/mol. The van der Waals surface area contributed by atoms with E-state index in [-0.39, 0.29) is 22.8 Å². The van der Waals surface area contributed by atoms with E-state index in [1.54, 1.807) is 18.3 Å². The maximum absolute atomic E-state index is 12.1. The lowest BCUT2D eigenvalue weighted by Gasteiger charge is -2.05. The molecule has 0 aliphatic carbocycles. The van der Waals surface area contributed by atoms with Crippen molar-refractivity contribution in [1.29, 1.82) is 5.26 Å². The van der Waals surface area contributed by atoms with Crippen LogP contribution in [0.4, 0.5) is 0 Å². The number of nitrogens with two attached hydrogens (primary N) is 1. The van der Waals surface area contributed by atoms with E-state index in [1.165, 1.54) is 16.6 Å². The highest BCUT2D eigenvalue weighted by atomic mass is 32.2. The summed E-state index contributed by atoms with van der Waals surface area (Å²) in [4.78, 5) is 23.1. The van der Waals surface area contributed by atoms with Gasteiger partial charge >= 0.3 is 0 Å². The van der Waals surface area contributed by atoms with Gasteiger partial charge in [0.25, 0.3) is 0 Å². The molecular formula is C15H16N4OS2. The van der Waals surface area contributed by atoms with Crippen LogP contribution in [0.1, 0.15) is 23.2 Å². The first-order valence-corrected chi connectivity index (χ1v) is 8.42. The molecule has 0 amide bonds. The Hall–Kier alpha value is -1.91. The number of Topliss-reactive ketones (excluding diaryl/α,β-unsaturated/α-hetero) is 1. The predicted molar refractivity (Wildman–Crippen MR) is 89.9 cm³/mol. The molecule has 2 aromatic rings. The lowest BCUT2D eigenvalue weighted by atomic mass is 10.2. The number of thiophene rings is 1. The standard InChI is InChI=1S/C15H16N4OS2/c1-7-9(3)22-15-13(7)14(18-10(4)19-15)21-6-12(20)11(5-16)8(2)17/h6,17H2,1-4H3/b11-8+. The van der Waals surface area contributed by atoms with Crippen molar-refractivity contribution in [2.24, 2.45) is 5.73 Å². The van der Waals surface area contributed by atoms with Crippen molar-refractivity contribution in [2.45, 2.75) is 32.7 Å². The molecule has 22 heavy (non-hydrogen) atoms. The van der Waals surface area contributed by atoms with Gasteiger partial charge in [-0.3, -0.25) is 4.79 Å². The van der Waals surface area contributed by atoms with Gasteiger partial charge in [0.1, 0.15) is 27.3 Å². The van der Waals surface area contributed by atoms with Crippen LogP contribution in [0.2, 0.25) is 0 Å². The molecule has 0 radical (unpaired) electrons. The fraction of sp³-hybridized carbons (Fsp3) is 0.333. The number of nitrogens with zero attached hydrogens (tertiary/aromatic N) is 3. The van der Waals surface area contributed by atoms with Gasteiger partial charge in [0, 0.05) is 16.0 Å². The number of carbonyl (C=O) groups excluding carboxylic acids is 1. The van der Waals surface area contributed by atoms with Crippen LogP contribution in [0.5, 0.6) is 0 Å². The van der Waals surface area contributed by atoms with E-state index >= 15 is 0 Å². The molecule has 0 bridgehead atoms. The Bertz CT molecular complexity index is 826. The van der Waals surface area contributed by atoms with E-state index in [0.717, 1.165) is 20.8 Å². The number of fused-ring (bicyclic) bond motifs is 1. The summed E-state index contributed by atoms with van der Waals surface area (Å²) in [6.07, 6.45) is 0. The molecule has 5 nitrogen and oxygen atoms in total. The average molecular weight is 332 g/mol. The molecule has 2 rings (SSSR count). The van der Waals surface area contributed by atoms with Crippen LogP contribution in [-0.4, -0.2) is 21.5 Å². The first kappa shape index (κ1) is 16.5. The highest BCUT2D eigenvalue weighted by Gasteiger charge is 2.17. The molecule has 0 unspecified atom stereocenters. The minimum atomic E-state index is -0.276. The fourth-order valence-corrected chi connectivity index (χ4v) is 4.14. The SMILES string of the molecule is C/C(N)=C(/C#N)C(=O)CSc1nc(C)nc2sc(C)c(C)c12. The molecular weight excluding hydrogens is 316 g/mol. The van der Waals surface area contributed by atoms with Gasteiger partial charge < -0.3 is 5.73 Å². The van der Waals surface area contributed by atoms with Crippen molar-refractivity contribution in [1.82, 2.24) is 9.97 Å². The van der Waals surface area contributed by atoms with Crippen LogP contribution in [0.3, 0.4) is 0 Å². The van der Waals surface area contributed by atoms with Crippen LogP contribution in [-0.2, 0) is 4.79 Å². The van der Waals surface area contributed by atoms with Crippen LogP contribution in [0, 0.1) is 32.1 Å². The van der Waals surface area contributed by atoms with Gasteiger partial charge in [-0.1, -0.05) is 11.8 Å². The molecule has 2 heterocycles. The number of carbonyl (C=O) groups is 1. The smallest absolute Gasteiger partial charge is 0.185 e. The Morgan fingerprint density at radius 3 is 2.64 bits per heavy atom. The van der Waals surface area contributed by atoms with Gasteiger partial charge in [-0.05, 0) is 33.3 Å². The Morgan fingerprint density at radius 2 is 2.05 bits per heavy atom. The second-order valence-corrected chi connectivity index (χ2v) is 7.09. The van der Waals surface area contributed by atoms with Gasteiger partial charge in [-0.25, -0.2) is 9.97 Å². The highest BCUT2D eigenvalue weighted by molar-refractivity contribution is 8.00. The molecule has 0 aromatic carbocycles. The van der Waals surface area contributed by atoms with E-state index in [2.05, 4.69) is 9.97 Å². The second-order valence-electron chi connectivity index (χ2n) is 4.92. The van der Waals surface area contributed by atoms with Crippen molar-refractivity contribution in [3.8, 4) is 6.07 Å². The number of aryl methyl sites for hydroxylation is 3. The third-order valence-corrected chi connectivity index (χ3v) is 5.31. The van der Waals surface area contributed by atoms with Crippen LogP contribution >= 0.6 is 23.1 Å². The Kier molecular flexibility index (Phi) is 4.84. The summed E-state index contributed by atoms with van der Waals surface area (Å²) in [6, 6.07) is 1.86. The third-order valence-electron chi connectivity index (χ3n) is 3.23. The molecule has 0 fully saturated rings. The second kappa shape index (κ2) is 6.46. The Morgan fingerprint density at radius 1 is 1.36 bits per heavy atom. The van der Waals surface area contributed by atoms with Gasteiger partial charge in [0.05, 0.1) is 5.75 Å². The molecule has 0 aliphatic heterocycles. The molecule has 0 spiro atoms. The fourth-order valence-electron chi connectivity index (χ4n) is 2.00. The molecule has 2 aromatic heterocycles. The van der Waals surface area contributed by atoms with E-state index < -0.39 is 0 Å². The zero-order chi connectivity index (χ0) is 16.4. The Labute approximate surface area is 137 Å². The van der Waals surface area contributed by atoms with Crippen molar-refractivity contribution in [3.63, 3.8) is 0 Å². The molecule has 2 N–H and O–H groups in total. The van der Waals surface area contributed by atoms with Gasteiger partial charge in [0.2, 0.25) is 0 Å². The highest BCUT2D eigenvalue weighted by Crippen LogP contribution is 2.35. The van der Waals surface area contributed by atoms with Crippen molar-refractivity contribution in [2.75, 3.05) is 5.75 Å². The van der Waals surface area contributed by atoms with E-state index in [9.17, 15) is 4.79 Å². The van der Waals surface area contributed by atoms with E-state index in [1.807, 2.05) is 26.8 Å². The maximum atomic E-state index is 12.1. The minimum Gasteiger partial charge on any atom is -0.401 e. The lowest BCUT2D eigenvalue weighted by molar-refractivity contribution is -0.112. The first-order chi connectivity index (χ1) is 10.3. The number of allylic oxidation sites excluding steroid dienone is 2. The number of rotatable bonds is 4. The minimum absolute atomic E-state index is 0.0211. The van der Waals surface area contributed by atoms with Crippen molar-refractivity contribution in [3.05, 3.63) is 27.5 Å². The molecule has 0 aliphatic rings. The molecule has 114 valence electrons. The molecule has 7 heteroatoms. The number of nitriles is 1. The summed E-state index contributed by atoms with van der Waals surface area (Å²) in [6.45, 7) is 7.47. The third kappa shape index (κ3) is 3.13. The van der Waals surface area contributed by atoms with Crippen LogP contribution in [0.15, 0.2) is 16.3 Å². The number of hydrogen-bond donors (Lipinski definition) is 1. The predicted octanol–water partition coefficient (Wildman–Crippen LogP) is 3.03. The van der Waals surface area contributed by atoms with Gasteiger partial charge in [-0.2, -0.15) is 5.26 Å². The van der Waals surface area contributed by atoms with Crippen molar-refractivity contribution >= 4 is 39.1 Å². The normalized spacial score (nSPS) is 12.1. The summed E-state index contributed by atoms with van der Waals surface area (Å²) in [7, 11) is 0. The molecule has 0 saturated heterocycles. The summed E-state index contributed by atoms with van der Waals surface area (Å²) in [5.41, 5.74) is 6.97. The Balaban J connectivity index is 2.35. The molecule has 0 saturated carbocycles. The summed E-state index contributed by atoms with van der Waals surface area (Å²) in [5.74, 6) is 0.536. The molecule has 0 atom stereocenters. The zero-order valence-corrected chi connectivity index (χ0v) is 14.5. The number of thioether (sulfide) groups is 1. The summed E-state index contributed by atoms with van der Waals surface area (Å²) in [5, 5.41) is 10.8. The quantitative estimate of drug-likeness (QED) is 0.400.